The third-order valence-corrected chi connectivity index (χ3v) is 3.70. The van der Waals surface area contributed by atoms with E-state index in [-0.39, 0.29) is 27.1 Å². The molecule has 0 unspecified atom stereocenters. The average molecular weight is 343 g/mol. The molecule has 1 aromatic rings. The first-order valence-corrected chi connectivity index (χ1v) is 7.81. The summed E-state index contributed by atoms with van der Waals surface area (Å²) in [4.78, 5) is 35.3. The van der Waals surface area contributed by atoms with Gasteiger partial charge in [0.1, 0.15) is 15.5 Å². The zero-order valence-corrected chi connectivity index (χ0v) is 14.8. The van der Waals surface area contributed by atoms with Crippen molar-refractivity contribution in [1.82, 2.24) is 0 Å². The molecule has 7 nitrogen and oxygen atoms in total. The molecule has 0 aliphatic heterocycles. The van der Waals surface area contributed by atoms with Gasteiger partial charge in [-0.15, -0.1) is 11.3 Å². The average Bonchev–Trinajstić information content (AvgIpc) is 2.62. The molecule has 1 aromatic heterocycles. The van der Waals surface area contributed by atoms with Gasteiger partial charge < -0.3 is 14.6 Å². The highest BCUT2D eigenvalue weighted by atomic mass is 32.1. The molecule has 0 spiro atoms. The second-order valence-electron chi connectivity index (χ2n) is 6.15. The Balaban J connectivity index is 3.19. The number of carboxylic acid groups (broad SMARTS) is 1. The maximum Gasteiger partial charge on any atom is 0.412 e. The van der Waals surface area contributed by atoms with Gasteiger partial charge >= 0.3 is 18.0 Å². The van der Waals surface area contributed by atoms with Crippen LogP contribution in [0, 0.1) is 6.92 Å². The molecule has 0 aromatic carbocycles. The highest BCUT2D eigenvalue weighted by molar-refractivity contribution is 7.18. The maximum atomic E-state index is 12.2. The van der Waals surface area contributed by atoms with Gasteiger partial charge in [0, 0.05) is 0 Å². The fourth-order valence-corrected chi connectivity index (χ4v) is 2.74. The van der Waals surface area contributed by atoms with Crippen LogP contribution in [0.1, 0.15) is 60.2 Å². The molecule has 8 heteroatoms. The van der Waals surface area contributed by atoms with Gasteiger partial charge in [-0.3, -0.25) is 5.32 Å². The summed E-state index contributed by atoms with van der Waals surface area (Å²) in [7, 11) is 0. The molecule has 0 saturated carbocycles. The van der Waals surface area contributed by atoms with Crippen molar-refractivity contribution in [2.24, 2.45) is 0 Å². The monoisotopic (exact) mass is 343 g/mol. The minimum atomic E-state index is -1.18. The van der Waals surface area contributed by atoms with E-state index in [1.165, 1.54) is 6.92 Å². The van der Waals surface area contributed by atoms with Gasteiger partial charge in [0.05, 0.1) is 11.7 Å². The molecule has 2 N–H and O–H groups in total. The van der Waals surface area contributed by atoms with Crippen LogP contribution in [0.4, 0.5) is 9.80 Å². The van der Waals surface area contributed by atoms with Crippen LogP contribution < -0.4 is 5.32 Å². The topological polar surface area (TPSA) is 102 Å². The van der Waals surface area contributed by atoms with Crippen molar-refractivity contribution < 1.29 is 29.0 Å². The van der Waals surface area contributed by atoms with Crippen LogP contribution in [-0.2, 0) is 9.47 Å². The first-order chi connectivity index (χ1) is 10.4. The van der Waals surface area contributed by atoms with Crippen LogP contribution in [0.3, 0.4) is 0 Å². The summed E-state index contributed by atoms with van der Waals surface area (Å²) >= 11 is 0.792. The second-order valence-corrected chi connectivity index (χ2v) is 7.17. The zero-order valence-electron chi connectivity index (χ0n) is 14.0. The normalized spacial score (nSPS) is 11.3. The summed E-state index contributed by atoms with van der Waals surface area (Å²) < 4.78 is 10.2. The maximum absolute atomic E-state index is 12.2. The number of hydrogen-bond acceptors (Lipinski definition) is 6. The Kier molecular flexibility index (Phi) is 5.76. The fraction of sp³-hybridized carbons (Fsp3) is 0.533. The first kappa shape index (κ1) is 19.0. The van der Waals surface area contributed by atoms with Crippen molar-refractivity contribution in [1.29, 1.82) is 0 Å². The van der Waals surface area contributed by atoms with Gasteiger partial charge in [-0.05, 0) is 47.1 Å². The Morgan fingerprint density at radius 3 is 2.22 bits per heavy atom. The van der Waals surface area contributed by atoms with E-state index in [0.717, 1.165) is 11.3 Å². The molecule has 1 rings (SSSR count). The van der Waals surface area contributed by atoms with E-state index in [2.05, 4.69) is 5.32 Å². The van der Waals surface area contributed by atoms with Crippen molar-refractivity contribution in [3.63, 3.8) is 0 Å². The summed E-state index contributed by atoms with van der Waals surface area (Å²) in [6.45, 7) is 9.95. The van der Waals surface area contributed by atoms with E-state index in [1.54, 1.807) is 34.6 Å². The van der Waals surface area contributed by atoms with E-state index in [4.69, 9.17) is 9.47 Å². The van der Waals surface area contributed by atoms with Gasteiger partial charge in [0.25, 0.3) is 0 Å². The van der Waals surface area contributed by atoms with Crippen LogP contribution in [0.25, 0.3) is 0 Å². The lowest BCUT2D eigenvalue weighted by Crippen LogP contribution is -2.27. The number of rotatable bonds is 4. The summed E-state index contributed by atoms with van der Waals surface area (Å²) in [5.74, 6) is -1.87. The lowest BCUT2D eigenvalue weighted by Gasteiger charge is -2.19. The number of nitrogens with one attached hydrogen (secondary N) is 1. The third-order valence-electron chi connectivity index (χ3n) is 2.50. The van der Waals surface area contributed by atoms with Crippen molar-refractivity contribution in [3.8, 4) is 0 Å². The van der Waals surface area contributed by atoms with Gasteiger partial charge in [0.15, 0.2) is 0 Å². The molecular formula is C15H21NO6S. The minimum Gasteiger partial charge on any atom is -0.477 e. The smallest absolute Gasteiger partial charge is 0.412 e. The number of anilines is 1. The van der Waals surface area contributed by atoms with Gasteiger partial charge in [-0.2, -0.15) is 0 Å². The van der Waals surface area contributed by atoms with Crippen LogP contribution in [-0.4, -0.2) is 34.8 Å². The molecule has 0 radical (unpaired) electrons. The number of carbonyl (C=O) groups excluding carboxylic acids is 2. The van der Waals surface area contributed by atoms with E-state index in [9.17, 15) is 19.5 Å². The Labute approximate surface area is 138 Å². The summed E-state index contributed by atoms with van der Waals surface area (Å²) in [5.41, 5.74) is -0.434. The number of thiophene rings is 1. The first-order valence-electron chi connectivity index (χ1n) is 7.00. The van der Waals surface area contributed by atoms with Gasteiger partial charge in [-0.1, -0.05) is 0 Å². The molecule has 0 aliphatic carbocycles. The Morgan fingerprint density at radius 2 is 1.78 bits per heavy atom. The number of carbonyl (C=O) groups is 3. The minimum absolute atomic E-state index is 0.0342. The zero-order chi connectivity index (χ0) is 17.9. The number of esters is 1. The molecule has 1 amide bonds. The quantitative estimate of drug-likeness (QED) is 0.809. The Hall–Kier alpha value is -2.09. The van der Waals surface area contributed by atoms with Crippen LogP contribution in [0.15, 0.2) is 0 Å². The Morgan fingerprint density at radius 1 is 1.22 bits per heavy atom. The standard InChI is InChI=1S/C15H21NO6S/c1-7(2)21-13(19)9-8(3)10(12(17)18)23-11(9)16-14(20)22-15(4,5)6/h7H,1-6H3,(H,16,20)(H,17,18). The summed E-state index contributed by atoms with van der Waals surface area (Å²) in [6, 6.07) is 0. The van der Waals surface area contributed by atoms with Crippen molar-refractivity contribution in [2.75, 3.05) is 5.32 Å². The highest BCUT2D eigenvalue weighted by Gasteiger charge is 2.28. The van der Waals surface area contributed by atoms with Gasteiger partial charge in [0.2, 0.25) is 0 Å². The highest BCUT2D eigenvalue weighted by Crippen LogP contribution is 2.34. The Bertz CT molecular complexity index is 627. The number of aromatic carboxylic acids is 1. The van der Waals surface area contributed by atoms with Crippen molar-refractivity contribution in [2.45, 2.75) is 53.2 Å². The fourth-order valence-electron chi connectivity index (χ4n) is 1.72. The van der Waals surface area contributed by atoms with E-state index < -0.39 is 23.6 Å². The van der Waals surface area contributed by atoms with Crippen LogP contribution >= 0.6 is 11.3 Å². The predicted molar refractivity (Wildman–Crippen MR) is 86.4 cm³/mol. The lowest BCUT2D eigenvalue weighted by molar-refractivity contribution is 0.0379. The molecule has 0 aliphatic rings. The SMILES string of the molecule is Cc1c(C(=O)O)sc(NC(=O)OC(C)(C)C)c1C(=O)OC(C)C. The van der Waals surface area contributed by atoms with E-state index >= 15 is 0 Å². The molecule has 0 bridgehead atoms. The largest absolute Gasteiger partial charge is 0.477 e. The van der Waals surface area contributed by atoms with Crippen LogP contribution in [0.2, 0.25) is 0 Å². The van der Waals surface area contributed by atoms with Crippen LogP contribution in [0.5, 0.6) is 0 Å². The predicted octanol–water partition coefficient (Wildman–Crippen LogP) is 3.67. The summed E-state index contributed by atoms with van der Waals surface area (Å²) in [6.07, 6.45) is -1.14. The van der Waals surface area contributed by atoms with E-state index in [0.29, 0.717) is 0 Å². The molecule has 0 fully saturated rings. The summed E-state index contributed by atoms with van der Waals surface area (Å²) in [5, 5.41) is 11.7. The van der Waals surface area contributed by atoms with Crippen molar-refractivity contribution in [3.05, 3.63) is 16.0 Å². The number of carboxylic acids is 1. The lowest BCUT2D eigenvalue weighted by atomic mass is 10.1. The number of ether oxygens (including phenoxy) is 2. The third kappa shape index (κ3) is 5.24. The number of amides is 1. The molecule has 1 heterocycles. The molecule has 0 saturated heterocycles. The molecule has 0 atom stereocenters. The molecular weight excluding hydrogens is 322 g/mol. The molecule has 128 valence electrons. The van der Waals surface area contributed by atoms with Gasteiger partial charge in [-0.25, -0.2) is 14.4 Å². The number of hydrogen-bond donors (Lipinski definition) is 2. The van der Waals surface area contributed by atoms with Crippen molar-refractivity contribution >= 4 is 34.4 Å². The van der Waals surface area contributed by atoms with E-state index in [1.807, 2.05) is 0 Å². The second kappa shape index (κ2) is 6.99. The molecule has 23 heavy (non-hydrogen) atoms.